The van der Waals surface area contributed by atoms with Crippen LogP contribution in [0.5, 0.6) is 5.75 Å². The minimum absolute atomic E-state index is 0.881. The number of aromatic nitrogens is 2. The molecule has 0 bridgehead atoms. The number of aryl methyl sites for hydroxylation is 2. The maximum Gasteiger partial charge on any atom is 0.128 e. The van der Waals surface area contributed by atoms with E-state index in [2.05, 4.69) is 41.3 Å². The van der Waals surface area contributed by atoms with Gasteiger partial charge in [0.2, 0.25) is 0 Å². The Hall–Kier alpha value is -1.81. The van der Waals surface area contributed by atoms with Crippen LogP contribution in [0.15, 0.2) is 18.3 Å². The van der Waals surface area contributed by atoms with Gasteiger partial charge in [-0.05, 0) is 44.2 Å². The van der Waals surface area contributed by atoms with Gasteiger partial charge in [0.25, 0.3) is 0 Å². The molecule has 0 amide bonds. The topological polar surface area (TPSA) is 49.9 Å². The molecule has 0 saturated heterocycles. The molecule has 4 heteroatoms. The normalized spacial score (nSPS) is 10.7. The molecule has 1 heterocycles. The van der Waals surface area contributed by atoms with E-state index in [4.69, 9.17) is 4.74 Å². The summed E-state index contributed by atoms with van der Waals surface area (Å²) in [5.74, 6) is 1.87. The highest BCUT2D eigenvalue weighted by molar-refractivity contribution is 5.68. The SMILES string of the molecule is CNCCc1ncc(-c2cc(C)c(C)cc2OC)[nH]1. The molecule has 0 aliphatic carbocycles. The van der Waals surface area contributed by atoms with Crippen molar-refractivity contribution in [2.45, 2.75) is 20.3 Å². The number of H-pyrrole nitrogens is 1. The second-order valence-electron chi connectivity index (χ2n) is 4.73. The summed E-state index contributed by atoms with van der Waals surface area (Å²) in [4.78, 5) is 7.76. The average molecular weight is 259 g/mol. The summed E-state index contributed by atoms with van der Waals surface area (Å²) in [6.07, 6.45) is 2.77. The molecular weight excluding hydrogens is 238 g/mol. The molecule has 0 saturated carbocycles. The van der Waals surface area contributed by atoms with Crippen LogP contribution >= 0.6 is 0 Å². The van der Waals surface area contributed by atoms with E-state index in [9.17, 15) is 0 Å². The summed E-state index contributed by atoms with van der Waals surface area (Å²) in [5, 5.41) is 3.12. The molecule has 2 aromatic rings. The van der Waals surface area contributed by atoms with E-state index in [1.807, 2.05) is 13.2 Å². The van der Waals surface area contributed by atoms with Gasteiger partial charge in [0, 0.05) is 18.5 Å². The lowest BCUT2D eigenvalue weighted by Gasteiger charge is -2.10. The minimum atomic E-state index is 0.881. The number of likely N-dealkylation sites (N-methyl/N-ethyl adjacent to an activating group) is 1. The lowest BCUT2D eigenvalue weighted by Crippen LogP contribution is -2.11. The Balaban J connectivity index is 2.35. The molecule has 2 rings (SSSR count). The Morgan fingerprint density at radius 2 is 2.00 bits per heavy atom. The number of aromatic amines is 1. The molecule has 0 unspecified atom stereocenters. The Morgan fingerprint density at radius 1 is 1.26 bits per heavy atom. The van der Waals surface area contributed by atoms with Crippen LogP contribution in [0.4, 0.5) is 0 Å². The summed E-state index contributed by atoms with van der Waals surface area (Å²) < 4.78 is 5.47. The third-order valence-electron chi connectivity index (χ3n) is 3.35. The molecule has 19 heavy (non-hydrogen) atoms. The highest BCUT2D eigenvalue weighted by atomic mass is 16.5. The first-order valence-corrected chi connectivity index (χ1v) is 6.49. The van der Waals surface area contributed by atoms with Crippen LogP contribution in [0.2, 0.25) is 0 Å². The van der Waals surface area contributed by atoms with Crippen molar-refractivity contribution in [1.82, 2.24) is 15.3 Å². The number of nitrogens with one attached hydrogen (secondary N) is 2. The van der Waals surface area contributed by atoms with Crippen molar-refractivity contribution >= 4 is 0 Å². The van der Waals surface area contributed by atoms with E-state index in [1.54, 1.807) is 7.11 Å². The van der Waals surface area contributed by atoms with Gasteiger partial charge in [-0.1, -0.05) is 0 Å². The van der Waals surface area contributed by atoms with Crippen LogP contribution < -0.4 is 10.1 Å². The molecule has 0 spiro atoms. The van der Waals surface area contributed by atoms with Crippen molar-refractivity contribution in [3.63, 3.8) is 0 Å². The van der Waals surface area contributed by atoms with Gasteiger partial charge in [-0.2, -0.15) is 0 Å². The fourth-order valence-electron chi connectivity index (χ4n) is 2.04. The number of rotatable bonds is 5. The third kappa shape index (κ3) is 2.96. The molecule has 0 aliphatic heterocycles. The first-order chi connectivity index (χ1) is 9.15. The number of benzene rings is 1. The third-order valence-corrected chi connectivity index (χ3v) is 3.35. The first kappa shape index (κ1) is 13.6. The molecule has 4 nitrogen and oxygen atoms in total. The molecule has 102 valence electrons. The van der Waals surface area contributed by atoms with Gasteiger partial charge in [-0.25, -0.2) is 4.98 Å². The largest absolute Gasteiger partial charge is 0.496 e. The maximum atomic E-state index is 5.47. The average Bonchev–Trinajstić information content (AvgIpc) is 2.87. The Morgan fingerprint density at radius 3 is 2.68 bits per heavy atom. The quantitative estimate of drug-likeness (QED) is 0.867. The summed E-state index contributed by atoms with van der Waals surface area (Å²) >= 11 is 0. The van der Waals surface area contributed by atoms with Crippen LogP contribution in [0.3, 0.4) is 0 Å². The zero-order valence-electron chi connectivity index (χ0n) is 12.0. The van der Waals surface area contributed by atoms with Crippen molar-refractivity contribution in [3.8, 4) is 17.0 Å². The fourth-order valence-corrected chi connectivity index (χ4v) is 2.04. The molecule has 0 aliphatic rings. The van der Waals surface area contributed by atoms with E-state index in [0.29, 0.717) is 0 Å². The van der Waals surface area contributed by atoms with E-state index in [-0.39, 0.29) is 0 Å². The Bertz CT molecular complexity index is 561. The van der Waals surface area contributed by atoms with Crippen molar-refractivity contribution in [3.05, 3.63) is 35.3 Å². The number of ether oxygens (including phenoxy) is 1. The van der Waals surface area contributed by atoms with Crippen molar-refractivity contribution < 1.29 is 4.74 Å². The zero-order chi connectivity index (χ0) is 13.8. The highest BCUT2D eigenvalue weighted by Crippen LogP contribution is 2.31. The number of nitrogens with zero attached hydrogens (tertiary/aromatic N) is 1. The lowest BCUT2D eigenvalue weighted by atomic mass is 10.0. The van der Waals surface area contributed by atoms with Crippen LogP contribution in [0, 0.1) is 13.8 Å². The van der Waals surface area contributed by atoms with Crippen LogP contribution in [-0.2, 0) is 6.42 Å². The van der Waals surface area contributed by atoms with Gasteiger partial charge in [0.15, 0.2) is 0 Å². The molecule has 0 fully saturated rings. The molecule has 1 aromatic carbocycles. The smallest absolute Gasteiger partial charge is 0.128 e. The van der Waals surface area contributed by atoms with Crippen LogP contribution in [0.25, 0.3) is 11.3 Å². The standard InChI is InChI=1S/C15H21N3O/c1-10-7-12(14(19-4)8-11(10)2)13-9-17-15(18-13)5-6-16-3/h7-9,16H,5-6H2,1-4H3,(H,17,18). The number of methoxy groups -OCH3 is 1. The van der Waals surface area contributed by atoms with E-state index in [0.717, 1.165) is 35.8 Å². The van der Waals surface area contributed by atoms with E-state index < -0.39 is 0 Å². The fraction of sp³-hybridized carbons (Fsp3) is 0.400. The maximum absolute atomic E-state index is 5.47. The van der Waals surface area contributed by atoms with E-state index in [1.165, 1.54) is 11.1 Å². The second-order valence-corrected chi connectivity index (χ2v) is 4.73. The predicted octanol–water partition coefficient (Wildman–Crippen LogP) is 2.46. The highest BCUT2D eigenvalue weighted by Gasteiger charge is 2.10. The van der Waals surface area contributed by atoms with Gasteiger partial charge in [-0.15, -0.1) is 0 Å². The van der Waals surface area contributed by atoms with Gasteiger partial charge >= 0.3 is 0 Å². The monoisotopic (exact) mass is 259 g/mol. The zero-order valence-corrected chi connectivity index (χ0v) is 12.0. The van der Waals surface area contributed by atoms with Gasteiger partial charge in [-0.3, -0.25) is 0 Å². The summed E-state index contributed by atoms with van der Waals surface area (Å²) in [7, 11) is 3.64. The molecule has 2 N–H and O–H groups in total. The van der Waals surface area contributed by atoms with Gasteiger partial charge in [0.05, 0.1) is 19.0 Å². The second kappa shape index (κ2) is 5.89. The van der Waals surface area contributed by atoms with E-state index >= 15 is 0 Å². The lowest BCUT2D eigenvalue weighted by molar-refractivity contribution is 0.416. The predicted molar refractivity (Wildman–Crippen MR) is 77.7 cm³/mol. The number of imidazole rings is 1. The number of hydrogen-bond donors (Lipinski definition) is 2. The van der Waals surface area contributed by atoms with Gasteiger partial charge in [0.1, 0.15) is 11.6 Å². The van der Waals surface area contributed by atoms with Crippen LogP contribution in [-0.4, -0.2) is 30.7 Å². The molecule has 1 aromatic heterocycles. The van der Waals surface area contributed by atoms with Gasteiger partial charge < -0.3 is 15.0 Å². The summed E-state index contributed by atoms with van der Waals surface area (Å²) in [6, 6.07) is 4.21. The summed E-state index contributed by atoms with van der Waals surface area (Å²) in [5.41, 5.74) is 4.55. The van der Waals surface area contributed by atoms with Crippen LogP contribution in [0.1, 0.15) is 17.0 Å². The first-order valence-electron chi connectivity index (χ1n) is 6.49. The molecular formula is C15H21N3O. The minimum Gasteiger partial charge on any atom is -0.496 e. The Labute approximate surface area is 114 Å². The molecule has 0 radical (unpaired) electrons. The van der Waals surface area contributed by atoms with Crippen molar-refractivity contribution in [1.29, 1.82) is 0 Å². The van der Waals surface area contributed by atoms with Crippen molar-refractivity contribution in [2.75, 3.05) is 20.7 Å². The Kier molecular flexibility index (Phi) is 4.22. The summed E-state index contributed by atoms with van der Waals surface area (Å²) in [6.45, 7) is 5.11. The van der Waals surface area contributed by atoms with Crippen molar-refractivity contribution in [2.24, 2.45) is 0 Å². The molecule has 0 atom stereocenters. The number of hydrogen-bond acceptors (Lipinski definition) is 3.